The third kappa shape index (κ3) is 4.87. The first-order chi connectivity index (χ1) is 16.5. The number of hydrogen-bond donors (Lipinski definition) is 1. The minimum absolute atomic E-state index is 0.108. The molecule has 4 rings (SSSR count). The van der Waals surface area contributed by atoms with Crippen molar-refractivity contribution in [3.8, 4) is 17.4 Å². The lowest BCUT2D eigenvalue weighted by atomic mass is 9.96. The standard InChI is InChI=1S/C27H20N2O5/c1-17-22(25(30)29-26(31)23(17)16-28)15-21-11-12-24(34-21)19-7-9-20(10-8-19)27(32)33-14-13-18-5-3-2-4-6-18/h2-12,15H,13-14H2,1H3,(H,29,30,31)/b22-15-. The highest BCUT2D eigenvalue weighted by atomic mass is 16.5. The lowest BCUT2D eigenvalue weighted by Crippen LogP contribution is -2.37. The van der Waals surface area contributed by atoms with Crippen LogP contribution in [0.1, 0.15) is 28.6 Å². The van der Waals surface area contributed by atoms with Crippen molar-refractivity contribution in [1.29, 1.82) is 5.26 Å². The molecule has 0 fully saturated rings. The number of carbonyl (C=O) groups excluding carboxylic acids is 3. The molecule has 3 aromatic rings. The van der Waals surface area contributed by atoms with E-state index in [0.29, 0.717) is 35.7 Å². The number of nitrogens with zero attached hydrogens (tertiary/aromatic N) is 1. The Hall–Kier alpha value is -4.70. The predicted octanol–water partition coefficient (Wildman–Crippen LogP) is 4.23. The molecule has 2 aromatic carbocycles. The maximum atomic E-state index is 12.3. The molecule has 34 heavy (non-hydrogen) atoms. The SMILES string of the molecule is CC1=C(C#N)C(=O)NC(=O)/C1=C\c1ccc(-c2ccc(C(=O)OCCc3ccccc3)cc2)o1. The largest absolute Gasteiger partial charge is 0.462 e. The van der Waals surface area contributed by atoms with Crippen LogP contribution in [0.2, 0.25) is 0 Å². The van der Waals surface area contributed by atoms with E-state index in [2.05, 4.69) is 5.32 Å². The van der Waals surface area contributed by atoms with Gasteiger partial charge in [0.05, 0.1) is 12.2 Å². The van der Waals surface area contributed by atoms with E-state index in [-0.39, 0.29) is 11.1 Å². The van der Waals surface area contributed by atoms with Crippen molar-refractivity contribution in [3.05, 3.63) is 100 Å². The molecule has 1 N–H and O–H groups in total. The van der Waals surface area contributed by atoms with Gasteiger partial charge in [-0.1, -0.05) is 42.5 Å². The monoisotopic (exact) mass is 452 g/mol. The maximum absolute atomic E-state index is 12.3. The lowest BCUT2D eigenvalue weighted by molar-refractivity contribution is -0.126. The summed E-state index contributed by atoms with van der Waals surface area (Å²) < 4.78 is 11.2. The van der Waals surface area contributed by atoms with Gasteiger partial charge in [0.25, 0.3) is 11.8 Å². The van der Waals surface area contributed by atoms with Crippen LogP contribution in [0.5, 0.6) is 0 Å². The Morgan fingerprint density at radius 2 is 1.76 bits per heavy atom. The molecular weight excluding hydrogens is 432 g/mol. The maximum Gasteiger partial charge on any atom is 0.338 e. The number of nitriles is 1. The Labute approximate surface area is 196 Å². The molecule has 0 bridgehead atoms. The van der Waals surface area contributed by atoms with E-state index in [4.69, 9.17) is 14.4 Å². The van der Waals surface area contributed by atoms with Gasteiger partial charge in [-0.3, -0.25) is 14.9 Å². The summed E-state index contributed by atoms with van der Waals surface area (Å²) in [7, 11) is 0. The third-order valence-electron chi connectivity index (χ3n) is 5.37. The molecule has 0 saturated carbocycles. The van der Waals surface area contributed by atoms with E-state index in [1.165, 1.54) is 6.08 Å². The fourth-order valence-corrected chi connectivity index (χ4v) is 3.50. The van der Waals surface area contributed by atoms with Crippen molar-refractivity contribution in [2.75, 3.05) is 6.61 Å². The smallest absolute Gasteiger partial charge is 0.338 e. The van der Waals surface area contributed by atoms with Gasteiger partial charge in [-0.05, 0) is 48.4 Å². The van der Waals surface area contributed by atoms with E-state index in [1.54, 1.807) is 43.3 Å². The summed E-state index contributed by atoms with van der Waals surface area (Å²) in [5.74, 6) is -0.780. The Bertz CT molecular complexity index is 1360. The minimum atomic E-state index is -0.707. The number of esters is 1. The van der Waals surface area contributed by atoms with Crippen molar-refractivity contribution in [2.45, 2.75) is 13.3 Å². The van der Waals surface area contributed by atoms with Gasteiger partial charge in [0.1, 0.15) is 23.2 Å². The van der Waals surface area contributed by atoms with E-state index in [9.17, 15) is 14.4 Å². The second kappa shape index (κ2) is 9.84. The van der Waals surface area contributed by atoms with Crippen LogP contribution < -0.4 is 5.32 Å². The zero-order valence-electron chi connectivity index (χ0n) is 18.3. The number of amides is 2. The average molecular weight is 452 g/mol. The summed E-state index contributed by atoms with van der Waals surface area (Å²) in [4.78, 5) is 36.2. The fourth-order valence-electron chi connectivity index (χ4n) is 3.50. The quantitative estimate of drug-likeness (QED) is 0.341. The fraction of sp³-hybridized carbons (Fsp3) is 0.111. The molecular formula is C27H20N2O5. The van der Waals surface area contributed by atoms with Crippen molar-refractivity contribution in [1.82, 2.24) is 5.32 Å². The van der Waals surface area contributed by atoms with E-state index in [0.717, 1.165) is 11.1 Å². The van der Waals surface area contributed by atoms with Crippen LogP contribution in [0.25, 0.3) is 17.4 Å². The number of ether oxygens (including phenoxy) is 1. The molecule has 0 radical (unpaired) electrons. The Morgan fingerprint density at radius 3 is 2.47 bits per heavy atom. The highest BCUT2D eigenvalue weighted by molar-refractivity contribution is 6.19. The van der Waals surface area contributed by atoms with Gasteiger partial charge in [0.2, 0.25) is 0 Å². The van der Waals surface area contributed by atoms with Crippen LogP contribution in [0.15, 0.2) is 87.9 Å². The summed E-state index contributed by atoms with van der Waals surface area (Å²) in [5.41, 5.74) is 2.64. The van der Waals surface area contributed by atoms with Crippen LogP contribution >= 0.6 is 0 Å². The summed E-state index contributed by atoms with van der Waals surface area (Å²) in [6.07, 6.45) is 2.13. The molecule has 0 atom stereocenters. The number of nitrogens with one attached hydrogen (secondary N) is 1. The highest BCUT2D eigenvalue weighted by Gasteiger charge is 2.27. The predicted molar refractivity (Wildman–Crippen MR) is 124 cm³/mol. The third-order valence-corrected chi connectivity index (χ3v) is 5.37. The molecule has 0 spiro atoms. The van der Waals surface area contributed by atoms with Gasteiger partial charge in [-0.25, -0.2) is 4.79 Å². The molecule has 2 heterocycles. The summed E-state index contributed by atoms with van der Waals surface area (Å²) in [6, 6.07) is 21.8. The second-order valence-corrected chi connectivity index (χ2v) is 7.60. The van der Waals surface area contributed by atoms with Crippen LogP contribution in [0.3, 0.4) is 0 Å². The molecule has 1 aliphatic heterocycles. The van der Waals surface area contributed by atoms with Gasteiger partial charge < -0.3 is 9.15 Å². The topological polar surface area (TPSA) is 109 Å². The first-order valence-corrected chi connectivity index (χ1v) is 10.6. The number of benzene rings is 2. The normalized spacial score (nSPS) is 14.6. The number of carbonyl (C=O) groups is 3. The molecule has 1 aliphatic rings. The Kier molecular flexibility index (Phi) is 6.51. The number of furan rings is 1. The highest BCUT2D eigenvalue weighted by Crippen LogP contribution is 2.27. The van der Waals surface area contributed by atoms with Gasteiger partial charge >= 0.3 is 5.97 Å². The summed E-state index contributed by atoms with van der Waals surface area (Å²) >= 11 is 0. The zero-order chi connectivity index (χ0) is 24.1. The average Bonchev–Trinajstić information content (AvgIpc) is 3.31. The first kappa shape index (κ1) is 22.5. The van der Waals surface area contributed by atoms with Gasteiger partial charge in [-0.2, -0.15) is 5.26 Å². The molecule has 7 heteroatoms. The van der Waals surface area contributed by atoms with Gasteiger partial charge in [0, 0.05) is 17.6 Å². The van der Waals surface area contributed by atoms with Crippen LogP contribution in [0.4, 0.5) is 0 Å². The van der Waals surface area contributed by atoms with E-state index >= 15 is 0 Å². The van der Waals surface area contributed by atoms with Gasteiger partial charge in [-0.15, -0.1) is 0 Å². The number of rotatable bonds is 6. The Morgan fingerprint density at radius 1 is 1.03 bits per heavy atom. The minimum Gasteiger partial charge on any atom is -0.462 e. The van der Waals surface area contributed by atoms with E-state index < -0.39 is 17.8 Å². The second-order valence-electron chi connectivity index (χ2n) is 7.60. The molecule has 168 valence electrons. The molecule has 0 aliphatic carbocycles. The van der Waals surface area contributed by atoms with E-state index in [1.807, 2.05) is 36.4 Å². The van der Waals surface area contributed by atoms with Gasteiger partial charge in [0.15, 0.2) is 0 Å². The van der Waals surface area contributed by atoms with Crippen molar-refractivity contribution < 1.29 is 23.5 Å². The number of imide groups is 1. The zero-order valence-corrected chi connectivity index (χ0v) is 18.3. The summed E-state index contributed by atoms with van der Waals surface area (Å²) in [6.45, 7) is 1.84. The summed E-state index contributed by atoms with van der Waals surface area (Å²) in [5, 5.41) is 11.3. The lowest BCUT2D eigenvalue weighted by Gasteiger charge is -2.15. The molecule has 2 amide bonds. The van der Waals surface area contributed by atoms with Crippen LogP contribution in [0, 0.1) is 11.3 Å². The molecule has 7 nitrogen and oxygen atoms in total. The molecule has 1 aromatic heterocycles. The van der Waals surface area contributed by atoms with Crippen molar-refractivity contribution in [2.24, 2.45) is 0 Å². The molecule has 0 saturated heterocycles. The Balaban J connectivity index is 1.44. The molecule has 0 unspecified atom stereocenters. The number of hydrogen-bond acceptors (Lipinski definition) is 6. The van der Waals surface area contributed by atoms with Crippen LogP contribution in [-0.2, 0) is 20.7 Å². The first-order valence-electron chi connectivity index (χ1n) is 10.6. The van der Waals surface area contributed by atoms with Crippen molar-refractivity contribution in [3.63, 3.8) is 0 Å². The van der Waals surface area contributed by atoms with Crippen LogP contribution in [-0.4, -0.2) is 24.4 Å². The van der Waals surface area contributed by atoms with Crippen molar-refractivity contribution >= 4 is 23.9 Å².